The van der Waals surface area contributed by atoms with Crippen LogP contribution in [0.2, 0.25) is 0 Å². The van der Waals surface area contributed by atoms with E-state index in [2.05, 4.69) is 10.6 Å². The van der Waals surface area contributed by atoms with Gasteiger partial charge in [0.05, 0.1) is 6.42 Å². The van der Waals surface area contributed by atoms with E-state index < -0.39 is 0 Å². The molecule has 0 fully saturated rings. The Hall–Kier alpha value is -2.95. The number of nitrogens with one attached hydrogen (secondary N) is 1. The number of hydrogen-bond acceptors (Lipinski definition) is 3. The molecule has 110 valence electrons. The molecule has 5 heteroatoms. The summed E-state index contributed by atoms with van der Waals surface area (Å²) in [5.41, 5.74) is 2.07. The largest absolute Gasteiger partial charge is 0.302 e. The standard InChI is InChI=1S/C17H15N3O2/c21-16(11-14-7-3-1-4-8-14)18-17-13-20(19-22-17)12-15-9-5-2-6-10-15/h1-10,13H,11-12H2/p+1. The lowest BCUT2D eigenvalue weighted by Gasteiger charge is -1.99. The third-order valence-corrected chi connectivity index (χ3v) is 3.17. The lowest BCUT2D eigenvalue weighted by molar-refractivity contribution is -0.754. The molecule has 0 bridgehead atoms. The average molecular weight is 294 g/mol. The fraction of sp³-hybridized carbons (Fsp3) is 0.118. The van der Waals surface area contributed by atoms with Gasteiger partial charge in [-0.1, -0.05) is 60.7 Å². The topological polar surface area (TPSA) is 59.0 Å². The van der Waals surface area contributed by atoms with Crippen molar-refractivity contribution in [1.82, 2.24) is 5.27 Å². The van der Waals surface area contributed by atoms with Gasteiger partial charge in [-0.15, -0.1) is 0 Å². The Labute approximate surface area is 128 Å². The van der Waals surface area contributed by atoms with E-state index in [1.54, 1.807) is 10.9 Å². The first kappa shape index (κ1) is 14.0. The summed E-state index contributed by atoms with van der Waals surface area (Å²) in [4.78, 5) is 11.9. The molecule has 1 amide bonds. The maximum atomic E-state index is 11.9. The number of carbonyl (C=O) groups excluding carboxylic acids is 1. The Bertz CT molecular complexity index is 739. The van der Waals surface area contributed by atoms with E-state index in [4.69, 9.17) is 4.52 Å². The van der Waals surface area contributed by atoms with Gasteiger partial charge >= 0.3 is 5.88 Å². The zero-order valence-corrected chi connectivity index (χ0v) is 12.0. The molecule has 2 aromatic carbocycles. The van der Waals surface area contributed by atoms with Crippen molar-refractivity contribution >= 4 is 11.8 Å². The van der Waals surface area contributed by atoms with E-state index >= 15 is 0 Å². The van der Waals surface area contributed by atoms with Crippen molar-refractivity contribution in [2.45, 2.75) is 13.0 Å². The molecule has 0 spiro atoms. The highest BCUT2D eigenvalue weighted by atomic mass is 16.5. The highest BCUT2D eigenvalue weighted by molar-refractivity contribution is 5.90. The number of rotatable bonds is 5. The van der Waals surface area contributed by atoms with E-state index in [1.165, 1.54) is 0 Å². The van der Waals surface area contributed by atoms with E-state index in [0.29, 0.717) is 18.8 Å². The Morgan fingerprint density at radius 1 is 1.00 bits per heavy atom. The number of nitrogens with zero attached hydrogens (tertiary/aromatic N) is 2. The number of carbonyl (C=O) groups is 1. The van der Waals surface area contributed by atoms with E-state index in [9.17, 15) is 4.79 Å². The van der Waals surface area contributed by atoms with Crippen LogP contribution in [0.3, 0.4) is 0 Å². The lowest BCUT2D eigenvalue weighted by Crippen LogP contribution is -2.35. The van der Waals surface area contributed by atoms with E-state index in [-0.39, 0.29) is 5.91 Å². The summed E-state index contributed by atoms with van der Waals surface area (Å²) in [6.07, 6.45) is 1.98. The zero-order valence-electron chi connectivity index (χ0n) is 12.0. The summed E-state index contributed by atoms with van der Waals surface area (Å²) < 4.78 is 6.77. The number of hydrogen-bond donors (Lipinski definition) is 1. The van der Waals surface area contributed by atoms with Gasteiger partial charge in [0.25, 0.3) is 6.20 Å². The van der Waals surface area contributed by atoms with E-state index in [1.807, 2.05) is 60.7 Å². The minimum atomic E-state index is -0.130. The number of benzene rings is 2. The summed E-state index contributed by atoms with van der Waals surface area (Å²) in [6, 6.07) is 19.5. The van der Waals surface area contributed by atoms with Crippen molar-refractivity contribution in [3.8, 4) is 0 Å². The third-order valence-electron chi connectivity index (χ3n) is 3.17. The molecular weight excluding hydrogens is 278 g/mol. The first-order valence-electron chi connectivity index (χ1n) is 7.04. The number of amides is 1. The van der Waals surface area contributed by atoms with Crippen molar-refractivity contribution in [3.05, 3.63) is 78.0 Å². The van der Waals surface area contributed by atoms with Crippen molar-refractivity contribution in [1.29, 1.82) is 0 Å². The van der Waals surface area contributed by atoms with Crippen LogP contribution in [-0.2, 0) is 17.8 Å². The second-order valence-electron chi connectivity index (χ2n) is 4.96. The zero-order chi connectivity index (χ0) is 15.2. The maximum absolute atomic E-state index is 11.9. The Kier molecular flexibility index (Phi) is 4.25. The van der Waals surface area contributed by atoms with Gasteiger partial charge in [0.15, 0.2) is 0 Å². The molecule has 0 aliphatic heterocycles. The van der Waals surface area contributed by atoms with Gasteiger partial charge in [-0.05, 0) is 10.2 Å². The first-order valence-corrected chi connectivity index (χ1v) is 7.04. The molecule has 5 nitrogen and oxygen atoms in total. The van der Waals surface area contributed by atoms with Gasteiger partial charge in [0.2, 0.25) is 17.7 Å². The van der Waals surface area contributed by atoms with Crippen LogP contribution in [0.5, 0.6) is 0 Å². The van der Waals surface area contributed by atoms with Crippen LogP contribution in [0.15, 0.2) is 71.4 Å². The third kappa shape index (κ3) is 3.79. The molecule has 0 saturated heterocycles. The Balaban J connectivity index is 1.58. The predicted molar refractivity (Wildman–Crippen MR) is 81.0 cm³/mol. The number of aromatic nitrogens is 2. The quantitative estimate of drug-likeness (QED) is 0.734. The second kappa shape index (κ2) is 6.67. The molecule has 0 aliphatic rings. The van der Waals surface area contributed by atoms with Gasteiger partial charge < -0.3 is 0 Å². The summed E-state index contributed by atoms with van der Waals surface area (Å²) in [6.45, 7) is 0.596. The molecule has 3 aromatic rings. The molecule has 0 unspecified atom stereocenters. The minimum Gasteiger partial charge on any atom is -0.289 e. The van der Waals surface area contributed by atoms with Crippen molar-refractivity contribution in [3.63, 3.8) is 0 Å². The molecule has 1 heterocycles. The molecule has 3 rings (SSSR count). The molecule has 0 atom stereocenters. The summed E-state index contributed by atoms with van der Waals surface area (Å²) in [5, 5.41) is 6.61. The maximum Gasteiger partial charge on any atom is 0.302 e. The predicted octanol–water partition coefficient (Wildman–Crippen LogP) is 2.19. The summed E-state index contributed by atoms with van der Waals surface area (Å²) in [5.74, 6) is 0.214. The van der Waals surface area contributed by atoms with Crippen LogP contribution in [0.1, 0.15) is 11.1 Å². The van der Waals surface area contributed by atoms with Gasteiger partial charge in [-0.3, -0.25) is 14.6 Å². The van der Waals surface area contributed by atoms with Crippen molar-refractivity contribution in [2.24, 2.45) is 0 Å². The van der Waals surface area contributed by atoms with Crippen molar-refractivity contribution in [2.75, 3.05) is 5.32 Å². The molecule has 22 heavy (non-hydrogen) atoms. The van der Waals surface area contributed by atoms with Gasteiger partial charge in [0.1, 0.15) is 0 Å². The van der Waals surface area contributed by atoms with Gasteiger partial charge in [-0.25, -0.2) is 0 Å². The average Bonchev–Trinajstić information content (AvgIpc) is 2.96. The minimum absolute atomic E-state index is 0.130. The number of anilines is 1. The fourth-order valence-electron chi connectivity index (χ4n) is 2.14. The Morgan fingerprint density at radius 3 is 2.32 bits per heavy atom. The molecule has 0 aliphatic carbocycles. The van der Waals surface area contributed by atoms with Gasteiger partial charge in [-0.2, -0.15) is 0 Å². The monoisotopic (exact) mass is 294 g/mol. The van der Waals surface area contributed by atoms with Crippen molar-refractivity contribution < 1.29 is 14.0 Å². The molecule has 1 aromatic heterocycles. The van der Waals surface area contributed by atoms with Crippen LogP contribution in [0.25, 0.3) is 0 Å². The molecule has 1 N–H and O–H groups in total. The van der Waals surface area contributed by atoms with Crippen LogP contribution >= 0.6 is 0 Å². The highest BCUT2D eigenvalue weighted by Gasteiger charge is 2.14. The second-order valence-corrected chi connectivity index (χ2v) is 4.96. The summed E-state index contributed by atoms with van der Waals surface area (Å²) in [7, 11) is 0. The van der Waals surface area contributed by atoms with Crippen LogP contribution in [0, 0.1) is 0 Å². The highest BCUT2D eigenvalue weighted by Crippen LogP contribution is 2.05. The van der Waals surface area contributed by atoms with Crippen LogP contribution in [0.4, 0.5) is 5.88 Å². The lowest BCUT2D eigenvalue weighted by atomic mass is 10.1. The molecule has 0 saturated carbocycles. The van der Waals surface area contributed by atoms with E-state index in [0.717, 1.165) is 11.1 Å². The fourth-order valence-corrected chi connectivity index (χ4v) is 2.14. The summed E-state index contributed by atoms with van der Waals surface area (Å²) >= 11 is 0. The molecular formula is C17H16N3O2+. The van der Waals surface area contributed by atoms with Gasteiger partial charge in [0, 0.05) is 5.56 Å². The van der Waals surface area contributed by atoms with Crippen LogP contribution < -0.4 is 10.00 Å². The smallest absolute Gasteiger partial charge is 0.289 e. The Morgan fingerprint density at radius 2 is 1.64 bits per heavy atom. The van der Waals surface area contributed by atoms with Crippen LogP contribution in [-0.4, -0.2) is 11.2 Å². The SMILES string of the molecule is O=C(Cc1ccccc1)Nc1c[n+](Cc2ccccc2)no1. The normalized spacial score (nSPS) is 10.4. The first-order chi connectivity index (χ1) is 10.8. The molecule has 0 radical (unpaired) electrons.